The number of halogens is 2. The van der Waals surface area contributed by atoms with Gasteiger partial charge in [0.1, 0.15) is 12.4 Å². The van der Waals surface area contributed by atoms with Gasteiger partial charge in [-0.05, 0) is 25.0 Å². The lowest BCUT2D eigenvalue weighted by atomic mass is 10.1. The molecule has 1 aliphatic carbocycles. The third-order valence-electron chi connectivity index (χ3n) is 3.32. The lowest BCUT2D eigenvalue weighted by Gasteiger charge is -2.26. The molecule has 1 radical (unpaired) electrons. The summed E-state index contributed by atoms with van der Waals surface area (Å²) in [6, 6.07) is 5.48. The highest BCUT2D eigenvalue weighted by Gasteiger charge is 2.39. The third kappa shape index (κ3) is 2.27. The molecular weight excluding hydrogens is 240 g/mol. The second-order valence-corrected chi connectivity index (χ2v) is 4.64. The molecule has 97 valence electrons. The van der Waals surface area contributed by atoms with Gasteiger partial charge in [-0.15, -0.1) is 8.78 Å². The molecule has 0 spiro atoms. The van der Waals surface area contributed by atoms with E-state index in [0.717, 1.165) is 25.1 Å². The molecule has 0 amide bonds. The Morgan fingerprint density at radius 1 is 1.22 bits per heavy atom. The van der Waals surface area contributed by atoms with Crippen LogP contribution in [0.1, 0.15) is 31.2 Å². The van der Waals surface area contributed by atoms with Crippen LogP contribution >= 0.6 is 0 Å². The van der Waals surface area contributed by atoms with Crippen molar-refractivity contribution >= 4 is 5.69 Å². The summed E-state index contributed by atoms with van der Waals surface area (Å²) in [4.78, 5) is 0. The first kappa shape index (κ1) is 11.7. The van der Waals surface area contributed by atoms with Crippen molar-refractivity contribution in [3.8, 4) is 5.75 Å². The standard InChI is InChI=1S/C13H14F2NO2/c14-13(15)17-8-10-11(6-3-7-12(10)18-13)16-9-4-1-2-5-9/h3,6-9,16H,1-2,4-5H2. The fraction of sp³-hybridized carbons (Fsp3) is 0.462. The van der Waals surface area contributed by atoms with Crippen LogP contribution in [0.25, 0.3) is 0 Å². The van der Waals surface area contributed by atoms with Crippen molar-refractivity contribution < 1.29 is 18.3 Å². The van der Waals surface area contributed by atoms with Crippen LogP contribution in [0.3, 0.4) is 0 Å². The Labute approximate surface area is 104 Å². The maximum absolute atomic E-state index is 12.9. The Kier molecular flexibility index (Phi) is 2.86. The van der Waals surface area contributed by atoms with Gasteiger partial charge in [-0.2, -0.15) is 0 Å². The van der Waals surface area contributed by atoms with E-state index in [9.17, 15) is 8.78 Å². The number of nitrogens with one attached hydrogen (secondary N) is 1. The number of hydrogen-bond donors (Lipinski definition) is 1. The summed E-state index contributed by atoms with van der Waals surface area (Å²) in [5.41, 5.74) is 1.34. The second-order valence-electron chi connectivity index (χ2n) is 4.64. The van der Waals surface area contributed by atoms with Crippen LogP contribution in [0, 0.1) is 6.61 Å². The largest absolute Gasteiger partial charge is 0.535 e. The molecule has 0 bridgehead atoms. The van der Waals surface area contributed by atoms with Gasteiger partial charge >= 0.3 is 6.29 Å². The van der Waals surface area contributed by atoms with Gasteiger partial charge in [0.05, 0.1) is 0 Å². The molecule has 3 nitrogen and oxygen atoms in total. The third-order valence-corrected chi connectivity index (χ3v) is 3.32. The first-order valence-corrected chi connectivity index (χ1v) is 6.11. The number of anilines is 1. The number of alkyl halides is 2. The molecule has 18 heavy (non-hydrogen) atoms. The maximum Gasteiger partial charge on any atom is 0.535 e. The van der Waals surface area contributed by atoms with Crippen LogP contribution < -0.4 is 10.1 Å². The van der Waals surface area contributed by atoms with Crippen molar-refractivity contribution in [1.29, 1.82) is 0 Å². The van der Waals surface area contributed by atoms with Crippen molar-refractivity contribution in [2.24, 2.45) is 0 Å². The second kappa shape index (κ2) is 4.39. The summed E-state index contributed by atoms with van der Waals surface area (Å²) < 4.78 is 34.6. The molecule has 1 saturated carbocycles. The van der Waals surface area contributed by atoms with Crippen molar-refractivity contribution in [1.82, 2.24) is 0 Å². The average Bonchev–Trinajstić information content (AvgIpc) is 2.80. The Bertz CT molecular complexity index is 445. The predicted octanol–water partition coefficient (Wildman–Crippen LogP) is 3.51. The topological polar surface area (TPSA) is 30.5 Å². The summed E-state index contributed by atoms with van der Waals surface area (Å²) >= 11 is 0. The van der Waals surface area contributed by atoms with E-state index < -0.39 is 6.29 Å². The van der Waals surface area contributed by atoms with Crippen molar-refractivity contribution in [2.45, 2.75) is 38.0 Å². The summed E-state index contributed by atoms with van der Waals surface area (Å²) in [6.07, 6.45) is 1.07. The minimum absolute atomic E-state index is 0.147. The molecule has 0 atom stereocenters. The lowest BCUT2D eigenvalue weighted by molar-refractivity contribution is -0.344. The molecule has 5 heteroatoms. The predicted molar refractivity (Wildman–Crippen MR) is 62.4 cm³/mol. The normalized spacial score (nSPS) is 22.3. The Hall–Kier alpha value is -1.36. The van der Waals surface area contributed by atoms with E-state index in [-0.39, 0.29) is 5.75 Å². The first-order chi connectivity index (χ1) is 8.64. The van der Waals surface area contributed by atoms with Crippen LogP contribution in [0.2, 0.25) is 0 Å². The number of rotatable bonds is 2. The molecule has 1 N–H and O–H groups in total. The van der Waals surface area contributed by atoms with E-state index in [1.165, 1.54) is 18.9 Å². The molecule has 1 aromatic rings. The van der Waals surface area contributed by atoms with Gasteiger partial charge in [-0.1, -0.05) is 18.9 Å². The molecule has 0 aromatic heterocycles. The lowest BCUT2D eigenvalue weighted by Crippen LogP contribution is -2.32. The Morgan fingerprint density at radius 2 is 2.00 bits per heavy atom. The van der Waals surface area contributed by atoms with E-state index >= 15 is 0 Å². The van der Waals surface area contributed by atoms with Gasteiger partial charge in [0.15, 0.2) is 0 Å². The summed E-state index contributed by atoms with van der Waals surface area (Å²) in [7, 11) is 0. The summed E-state index contributed by atoms with van der Waals surface area (Å²) in [6.45, 7) is 1.07. The Morgan fingerprint density at radius 3 is 2.78 bits per heavy atom. The zero-order chi connectivity index (χ0) is 12.6. The fourth-order valence-electron chi connectivity index (χ4n) is 2.45. The first-order valence-electron chi connectivity index (χ1n) is 6.11. The molecule has 0 unspecified atom stereocenters. The number of benzene rings is 1. The zero-order valence-electron chi connectivity index (χ0n) is 9.79. The Balaban J connectivity index is 1.83. The smallest absolute Gasteiger partial charge is 0.409 e. The van der Waals surface area contributed by atoms with E-state index in [2.05, 4.69) is 14.8 Å². The number of fused-ring (bicyclic) bond motifs is 1. The SMILES string of the molecule is FC1(F)O[CH]c2c(NC3CCCC3)cccc2O1. The monoisotopic (exact) mass is 254 g/mol. The summed E-state index contributed by atoms with van der Waals surface area (Å²) in [5, 5.41) is 3.36. The van der Waals surface area contributed by atoms with Gasteiger partial charge in [-0.3, -0.25) is 4.74 Å². The van der Waals surface area contributed by atoms with E-state index in [1.54, 1.807) is 6.07 Å². The average molecular weight is 254 g/mol. The summed E-state index contributed by atoms with van der Waals surface area (Å²) in [5.74, 6) is 0.147. The van der Waals surface area contributed by atoms with Crippen LogP contribution in [0.15, 0.2) is 18.2 Å². The molecular formula is C13H14F2NO2. The molecule has 0 saturated heterocycles. The maximum atomic E-state index is 12.9. The van der Waals surface area contributed by atoms with Crippen LogP contribution in [0.4, 0.5) is 14.5 Å². The zero-order valence-corrected chi connectivity index (χ0v) is 9.79. The van der Waals surface area contributed by atoms with E-state index in [1.807, 2.05) is 6.07 Å². The van der Waals surface area contributed by atoms with Gasteiger partial charge in [0, 0.05) is 17.3 Å². The highest BCUT2D eigenvalue weighted by Crippen LogP contribution is 2.39. The number of hydrogen-bond acceptors (Lipinski definition) is 3. The van der Waals surface area contributed by atoms with Crippen LogP contribution in [-0.4, -0.2) is 12.3 Å². The van der Waals surface area contributed by atoms with Gasteiger partial charge in [0.2, 0.25) is 0 Å². The van der Waals surface area contributed by atoms with Crippen LogP contribution in [-0.2, 0) is 4.74 Å². The molecule has 3 rings (SSSR count). The van der Waals surface area contributed by atoms with Crippen LogP contribution in [0.5, 0.6) is 5.75 Å². The quantitative estimate of drug-likeness (QED) is 0.876. The van der Waals surface area contributed by atoms with Crippen molar-refractivity contribution in [3.05, 3.63) is 30.4 Å². The highest BCUT2D eigenvalue weighted by molar-refractivity contribution is 5.61. The highest BCUT2D eigenvalue weighted by atomic mass is 19.3. The number of ether oxygens (including phenoxy) is 2. The fourth-order valence-corrected chi connectivity index (χ4v) is 2.45. The van der Waals surface area contributed by atoms with Crippen molar-refractivity contribution in [2.75, 3.05) is 5.32 Å². The molecule has 1 aromatic carbocycles. The van der Waals surface area contributed by atoms with Crippen molar-refractivity contribution in [3.63, 3.8) is 0 Å². The molecule has 1 heterocycles. The van der Waals surface area contributed by atoms with Gasteiger partial charge in [-0.25, -0.2) is 0 Å². The van der Waals surface area contributed by atoms with Gasteiger partial charge in [0.25, 0.3) is 0 Å². The van der Waals surface area contributed by atoms with E-state index in [4.69, 9.17) is 0 Å². The molecule has 2 aliphatic rings. The minimum Gasteiger partial charge on any atom is -0.409 e. The van der Waals surface area contributed by atoms with E-state index in [0.29, 0.717) is 11.6 Å². The molecule has 1 aliphatic heterocycles. The minimum atomic E-state index is -3.57. The van der Waals surface area contributed by atoms with Gasteiger partial charge < -0.3 is 10.1 Å². The molecule has 1 fully saturated rings.